The number of aromatic nitrogens is 1. The molecule has 2 aromatic carbocycles. The van der Waals surface area contributed by atoms with Crippen LogP contribution in [0.25, 0.3) is 17.0 Å². The van der Waals surface area contributed by atoms with Crippen LogP contribution >= 0.6 is 11.6 Å². The normalized spacial score (nSPS) is 11.9. The van der Waals surface area contributed by atoms with Crippen LogP contribution in [0.3, 0.4) is 0 Å². The predicted molar refractivity (Wildman–Crippen MR) is 91.8 cm³/mol. The third-order valence-electron chi connectivity index (χ3n) is 3.10. The highest BCUT2D eigenvalue weighted by Crippen LogP contribution is 2.24. The van der Waals surface area contributed by atoms with Gasteiger partial charge in [-0.15, -0.1) is 0 Å². The lowest BCUT2D eigenvalue weighted by atomic mass is 10.2. The maximum atomic E-state index is 12.1. The van der Waals surface area contributed by atoms with E-state index in [0.29, 0.717) is 16.1 Å². The third-order valence-corrected chi connectivity index (χ3v) is 4.23. The van der Waals surface area contributed by atoms with Crippen LogP contribution < -0.4 is 4.18 Å². The van der Waals surface area contributed by atoms with Crippen LogP contribution in [0.1, 0.15) is 5.56 Å². The Balaban J connectivity index is 1.87. The topological polar surface area (TPSA) is 56.3 Å². The van der Waals surface area contributed by atoms with Crippen molar-refractivity contribution in [3.63, 3.8) is 0 Å². The molecule has 1 aromatic heterocycles. The van der Waals surface area contributed by atoms with Gasteiger partial charge in [-0.3, -0.25) is 4.98 Å². The number of pyridine rings is 1. The molecule has 0 aliphatic carbocycles. The molecule has 0 aliphatic rings. The summed E-state index contributed by atoms with van der Waals surface area (Å²) in [5.74, 6) is 0.198. The lowest BCUT2D eigenvalue weighted by Crippen LogP contribution is -2.05. The Morgan fingerprint density at radius 2 is 1.74 bits per heavy atom. The van der Waals surface area contributed by atoms with Gasteiger partial charge < -0.3 is 4.18 Å². The number of hydrogen-bond donors (Lipinski definition) is 0. The highest BCUT2D eigenvalue weighted by atomic mass is 35.5. The molecule has 0 spiro atoms. The largest absolute Gasteiger partial charge is 0.377 e. The average molecular weight is 346 g/mol. The monoisotopic (exact) mass is 345 g/mol. The fourth-order valence-electron chi connectivity index (χ4n) is 2.03. The maximum absolute atomic E-state index is 12.1. The van der Waals surface area contributed by atoms with E-state index in [4.69, 9.17) is 15.8 Å². The Labute approximate surface area is 139 Å². The van der Waals surface area contributed by atoms with Crippen molar-refractivity contribution in [2.24, 2.45) is 0 Å². The van der Waals surface area contributed by atoms with E-state index in [1.165, 1.54) is 6.08 Å². The lowest BCUT2D eigenvalue weighted by molar-refractivity contribution is 0.499. The van der Waals surface area contributed by atoms with Crippen LogP contribution in [0, 0.1) is 0 Å². The van der Waals surface area contributed by atoms with Gasteiger partial charge in [0.25, 0.3) is 0 Å². The molecule has 4 nitrogen and oxygen atoms in total. The summed E-state index contributed by atoms with van der Waals surface area (Å²) in [5, 5.41) is 2.41. The second-order valence-corrected chi connectivity index (χ2v) is 6.62. The van der Waals surface area contributed by atoms with Gasteiger partial charge in [-0.1, -0.05) is 41.9 Å². The lowest BCUT2D eigenvalue weighted by Gasteiger charge is -2.06. The Bertz CT molecular complexity index is 961. The van der Waals surface area contributed by atoms with Gasteiger partial charge in [-0.2, -0.15) is 8.42 Å². The van der Waals surface area contributed by atoms with Crippen LogP contribution in [-0.2, 0) is 10.1 Å². The van der Waals surface area contributed by atoms with Crippen LogP contribution in [0.4, 0.5) is 0 Å². The Kier molecular flexibility index (Phi) is 4.32. The van der Waals surface area contributed by atoms with Crippen LogP contribution in [-0.4, -0.2) is 13.4 Å². The number of rotatable bonds is 4. The van der Waals surface area contributed by atoms with Gasteiger partial charge in [0.15, 0.2) is 5.75 Å². The fraction of sp³-hybridized carbons (Fsp3) is 0. The fourth-order valence-corrected chi connectivity index (χ4v) is 2.92. The van der Waals surface area contributed by atoms with E-state index < -0.39 is 10.1 Å². The molecule has 0 bridgehead atoms. The predicted octanol–water partition coefficient (Wildman–Crippen LogP) is 4.27. The van der Waals surface area contributed by atoms with Gasteiger partial charge in [0, 0.05) is 16.6 Å². The third kappa shape index (κ3) is 3.88. The Morgan fingerprint density at radius 1 is 1.00 bits per heavy atom. The molecule has 1 heterocycles. The molecular weight excluding hydrogens is 334 g/mol. The molecule has 6 heteroatoms. The van der Waals surface area contributed by atoms with E-state index in [-0.39, 0.29) is 5.75 Å². The molecule has 3 aromatic rings. The first-order chi connectivity index (χ1) is 11.0. The van der Waals surface area contributed by atoms with E-state index >= 15 is 0 Å². The zero-order chi connectivity index (χ0) is 16.3. The molecule has 116 valence electrons. The van der Waals surface area contributed by atoms with Crippen molar-refractivity contribution in [1.29, 1.82) is 0 Å². The molecule has 0 atom stereocenters. The number of fused-ring (bicyclic) bond motifs is 1. The summed E-state index contributed by atoms with van der Waals surface area (Å²) < 4.78 is 29.4. The summed E-state index contributed by atoms with van der Waals surface area (Å²) >= 11 is 5.79. The zero-order valence-electron chi connectivity index (χ0n) is 11.9. The summed E-state index contributed by atoms with van der Waals surface area (Å²) in [6.45, 7) is 0. The molecule has 0 fully saturated rings. The number of halogens is 1. The van der Waals surface area contributed by atoms with E-state index in [9.17, 15) is 8.42 Å². The van der Waals surface area contributed by atoms with E-state index in [1.807, 2.05) is 12.1 Å². The van der Waals surface area contributed by atoms with Crippen molar-refractivity contribution in [3.8, 4) is 5.75 Å². The van der Waals surface area contributed by atoms with Crippen LogP contribution in [0.5, 0.6) is 5.75 Å². The summed E-state index contributed by atoms with van der Waals surface area (Å²) in [6.07, 6.45) is 3.04. The van der Waals surface area contributed by atoms with Gasteiger partial charge in [0.05, 0.1) is 5.41 Å². The van der Waals surface area contributed by atoms with Gasteiger partial charge >= 0.3 is 10.1 Å². The average Bonchev–Trinajstić information content (AvgIpc) is 2.54. The molecule has 3 rings (SSSR count). The van der Waals surface area contributed by atoms with Crippen molar-refractivity contribution in [3.05, 3.63) is 76.8 Å². The van der Waals surface area contributed by atoms with E-state index in [1.54, 1.807) is 48.7 Å². The van der Waals surface area contributed by atoms with E-state index in [0.717, 1.165) is 10.8 Å². The van der Waals surface area contributed by atoms with Crippen molar-refractivity contribution in [2.75, 3.05) is 0 Å². The Hall–Kier alpha value is -2.37. The second-order valence-electron chi connectivity index (χ2n) is 4.76. The molecule has 0 saturated heterocycles. The van der Waals surface area contributed by atoms with Crippen molar-refractivity contribution in [2.45, 2.75) is 0 Å². The zero-order valence-corrected chi connectivity index (χ0v) is 13.5. The van der Waals surface area contributed by atoms with E-state index in [2.05, 4.69) is 4.98 Å². The molecular formula is C17H12ClNO3S. The van der Waals surface area contributed by atoms with Crippen LogP contribution in [0.15, 0.2) is 66.2 Å². The van der Waals surface area contributed by atoms with Crippen molar-refractivity contribution < 1.29 is 12.6 Å². The molecule has 0 radical (unpaired) electrons. The highest BCUT2D eigenvalue weighted by molar-refractivity contribution is 7.90. The number of para-hydroxylation sites is 1. The van der Waals surface area contributed by atoms with Crippen molar-refractivity contribution >= 4 is 38.7 Å². The SMILES string of the molecule is O=S(=O)(/C=C/c1ccc(Cl)cc1)Oc1cccc2cccnc12. The number of benzene rings is 2. The first-order valence-corrected chi connectivity index (χ1v) is 8.60. The molecule has 0 unspecified atom stereocenters. The molecule has 0 saturated carbocycles. The van der Waals surface area contributed by atoms with Gasteiger partial charge in [-0.25, -0.2) is 0 Å². The number of nitrogens with zero attached hydrogens (tertiary/aromatic N) is 1. The van der Waals surface area contributed by atoms with Crippen LogP contribution in [0.2, 0.25) is 5.02 Å². The molecule has 0 aliphatic heterocycles. The molecule has 23 heavy (non-hydrogen) atoms. The van der Waals surface area contributed by atoms with Gasteiger partial charge in [0.2, 0.25) is 0 Å². The van der Waals surface area contributed by atoms with Gasteiger partial charge in [-0.05, 0) is 35.9 Å². The highest BCUT2D eigenvalue weighted by Gasteiger charge is 2.11. The first kappa shape index (κ1) is 15.5. The minimum Gasteiger partial charge on any atom is -0.377 e. The van der Waals surface area contributed by atoms with Crippen molar-refractivity contribution in [1.82, 2.24) is 4.98 Å². The Morgan fingerprint density at radius 3 is 2.52 bits per heavy atom. The summed E-state index contributed by atoms with van der Waals surface area (Å²) in [5.41, 5.74) is 1.20. The molecule has 0 N–H and O–H groups in total. The standard InChI is InChI=1S/C17H12ClNO3S/c18-15-8-6-13(7-9-15)10-12-23(20,21)22-16-5-1-3-14-4-2-11-19-17(14)16/h1-12H/b12-10+. The molecule has 0 amide bonds. The minimum atomic E-state index is -3.89. The minimum absolute atomic E-state index is 0.198. The second kappa shape index (κ2) is 6.40. The quantitative estimate of drug-likeness (QED) is 0.663. The first-order valence-electron chi connectivity index (χ1n) is 6.75. The van der Waals surface area contributed by atoms with Gasteiger partial charge in [0.1, 0.15) is 5.52 Å². The summed E-state index contributed by atoms with van der Waals surface area (Å²) in [4.78, 5) is 4.17. The smallest absolute Gasteiger partial charge is 0.332 e. The maximum Gasteiger partial charge on any atom is 0.332 e. The summed E-state index contributed by atoms with van der Waals surface area (Å²) in [6, 6.07) is 15.5. The number of hydrogen-bond acceptors (Lipinski definition) is 4. The summed E-state index contributed by atoms with van der Waals surface area (Å²) in [7, 11) is -3.89.